The van der Waals surface area contributed by atoms with E-state index in [1.54, 1.807) is 18.2 Å². The number of hydrogen-bond acceptors (Lipinski definition) is 4. The number of phenols is 1. The van der Waals surface area contributed by atoms with Crippen molar-refractivity contribution in [2.45, 2.75) is 0 Å². The second-order valence-corrected chi connectivity index (χ2v) is 3.71. The molecular formula is C14H11NaO5. The molecule has 6 heteroatoms. The van der Waals surface area contributed by atoms with Crippen molar-refractivity contribution in [3.63, 3.8) is 0 Å². The summed E-state index contributed by atoms with van der Waals surface area (Å²) in [6.07, 6.45) is 0. The number of carbonyl (C=O) groups is 2. The Balaban J connectivity index is 0.00000200. The van der Waals surface area contributed by atoms with Gasteiger partial charge in [-0.3, -0.25) is 0 Å². The molecule has 0 atom stereocenters. The van der Waals surface area contributed by atoms with Gasteiger partial charge in [-0.25, -0.2) is 9.59 Å². The number of ether oxygens (including phenoxy) is 1. The van der Waals surface area contributed by atoms with Crippen molar-refractivity contribution in [1.29, 1.82) is 0 Å². The molecule has 2 N–H and O–H groups in total. The van der Waals surface area contributed by atoms with Gasteiger partial charge >= 0.3 is 41.5 Å². The zero-order valence-corrected chi connectivity index (χ0v) is 9.74. The normalized spacial score (nSPS) is 9.40. The molecule has 2 aromatic carbocycles. The molecule has 0 saturated heterocycles. The van der Waals surface area contributed by atoms with Gasteiger partial charge in [-0.1, -0.05) is 24.3 Å². The summed E-state index contributed by atoms with van der Waals surface area (Å²) < 4.78 is 4.99. The first-order chi connectivity index (χ1) is 9.09. The molecule has 0 radical (unpaired) electrons. The predicted molar refractivity (Wildman–Crippen MR) is 73.6 cm³/mol. The number of phenolic OH excluding ortho intramolecular Hbond substituents is 1. The van der Waals surface area contributed by atoms with Crippen LogP contribution in [0.25, 0.3) is 0 Å². The fraction of sp³-hybridized carbons (Fsp3) is 0. The van der Waals surface area contributed by atoms with E-state index in [4.69, 9.17) is 9.84 Å². The third kappa shape index (κ3) is 3.60. The number of carbonyl (C=O) groups excluding carboxylic acids is 1. The third-order valence-electron chi connectivity index (χ3n) is 2.44. The molecule has 0 heterocycles. The topological polar surface area (TPSA) is 83.8 Å². The van der Waals surface area contributed by atoms with Crippen LogP contribution in [-0.4, -0.2) is 51.7 Å². The van der Waals surface area contributed by atoms with Crippen LogP contribution in [0, 0.1) is 0 Å². The molecule has 2 aromatic rings. The van der Waals surface area contributed by atoms with Gasteiger partial charge in [0, 0.05) is 0 Å². The number of esters is 1. The van der Waals surface area contributed by atoms with Gasteiger partial charge in [0.15, 0.2) is 0 Å². The van der Waals surface area contributed by atoms with Crippen LogP contribution in [0.15, 0.2) is 48.5 Å². The summed E-state index contributed by atoms with van der Waals surface area (Å²) >= 11 is 0. The summed E-state index contributed by atoms with van der Waals surface area (Å²) in [7, 11) is 0. The minimum atomic E-state index is -1.19. The van der Waals surface area contributed by atoms with Gasteiger partial charge in [-0.15, -0.1) is 0 Å². The number of para-hydroxylation sites is 2. The van der Waals surface area contributed by atoms with Crippen molar-refractivity contribution in [2.24, 2.45) is 0 Å². The number of carboxylic acid groups (broad SMARTS) is 1. The fourth-order valence-corrected chi connectivity index (χ4v) is 1.53. The van der Waals surface area contributed by atoms with Crippen molar-refractivity contribution < 1.29 is 24.5 Å². The van der Waals surface area contributed by atoms with Crippen LogP contribution >= 0.6 is 0 Å². The van der Waals surface area contributed by atoms with Crippen LogP contribution in [0.2, 0.25) is 0 Å². The molecule has 20 heavy (non-hydrogen) atoms. The van der Waals surface area contributed by atoms with Crippen molar-refractivity contribution in [2.75, 3.05) is 0 Å². The van der Waals surface area contributed by atoms with E-state index in [0.29, 0.717) is 0 Å². The van der Waals surface area contributed by atoms with E-state index < -0.39 is 11.9 Å². The molecule has 0 aliphatic carbocycles. The van der Waals surface area contributed by atoms with Crippen molar-refractivity contribution in [1.82, 2.24) is 0 Å². The number of benzene rings is 2. The van der Waals surface area contributed by atoms with Crippen molar-refractivity contribution in [3.05, 3.63) is 59.7 Å². The Morgan fingerprint density at radius 2 is 1.45 bits per heavy atom. The minimum absolute atomic E-state index is 0. The number of aromatic carboxylic acids is 1. The Bertz CT molecular complexity index is 639. The summed E-state index contributed by atoms with van der Waals surface area (Å²) in [4.78, 5) is 22.8. The SMILES string of the molecule is O=C(Oc1ccccc1C(=O)O)c1ccccc1O.[NaH]. The third-order valence-corrected chi connectivity index (χ3v) is 2.44. The van der Waals surface area contributed by atoms with Gasteiger partial charge in [0.2, 0.25) is 0 Å². The molecule has 2 rings (SSSR count). The molecule has 98 valence electrons. The molecule has 0 bridgehead atoms. The Hall–Kier alpha value is -1.82. The predicted octanol–water partition coefficient (Wildman–Crippen LogP) is 1.66. The first-order valence-electron chi connectivity index (χ1n) is 5.42. The number of hydrogen-bond donors (Lipinski definition) is 2. The zero-order valence-electron chi connectivity index (χ0n) is 9.74. The molecule has 5 nitrogen and oxygen atoms in total. The van der Waals surface area contributed by atoms with Gasteiger partial charge in [-0.2, -0.15) is 0 Å². The van der Waals surface area contributed by atoms with Gasteiger partial charge in [-0.05, 0) is 24.3 Å². The Labute approximate surface area is 137 Å². The molecule has 0 aromatic heterocycles. The number of aromatic hydroxyl groups is 1. The van der Waals surface area contributed by atoms with Gasteiger partial charge in [0.05, 0.1) is 0 Å². The first kappa shape index (κ1) is 16.2. The van der Waals surface area contributed by atoms with E-state index in [1.165, 1.54) is 30.3 Å². The molecule has 0 amide bonds. The standard InChI is InChI=1S/C14H10O5.Na.H/c15-11-7-3-1-5-9(11)14(18)19-12-8-4-2-6-10(12)13(16)17;;/h1-8,15H,(H,16,17);;. The van der Waals surface area contributed by atoms with E-state index in [1.807, 2.05) is 0 Å². The molecule has 0 unspecified atom stereocenters. The quantitative estimate of drug-likeness (QED) is 0.508. The van der Waals surface area contributed by atoms with Crippen molar-refractivity contribution >= 4 is 41.5 Å². The monoisotopic (exact) mass is 282 g/mol. The Morgan fingerprint density at radius 1 is 0.900 bits per heavy atom. The summed E-state index contributed by atoms with van der Waals surface area (Å²) in [6, 6.07) is 11.7. The van der Waals surface area contributed by atoms with Crippen LogP contribution in [0.4, 0.5) is 0 Å². The Kier molecular flexibility index (Phi) is 5.76. The van der Waals surface area contributed by atoms with Crippen LogP contribution in [0.3, 0.4) is 0 Å². The van der Waals surface area contributed by atoms with E-state index >= 15 is 0 Å². The zero-order chi connectivity index (χ0) is 13.8. The molecule has 0 spiro atoms. The second kappa shape index (κ2) is 7.09. The average Bonchev–Trinajstić information content (AvgIpc) is 2.39. The summed E-state index contributed by atoms with van der Waals surface area (Å²) in [5.41, 5.74) is -0.144. The van der Waals surface area contributed by atoms with E-state index in [0.717, 1.165) is 0 Å². The molecule has 0 fully saturated rings. The van der Waals surface area contributed by atoms with Crippen LogP contribution < -0.4 is 4.74 Å². The summed E-state index contributed by atoms with van der Waals surface area (Å²) in [5.74, 6) is -2.30. The van der Waals surface area contributed by atoms with Gasteiger partial charge in [0.25, 0.3) is 0 Å². The molecule has 0 saturated carbocycles. The summed E-state index contributed by atoms with van der Waals surface area (Å²) in [5, 5.41) is 18.5. The van der Waals surface area contributed by atoms with Crippen molar-refractivity contribution in [3.8, 4) is 11.5 Å². The van der Waals surface area contributed by atoms with E-state index in [2.05, 4.69) is 0 Å². The van der Waals surface area contributed by atoms with Gasteiger partial charge < -0.3 is 14.9 Å². The summed E-state index contributed by atoms with van der Waals surface area (Å²) in [6.45, 7) is 0. The average molecular weight is 282 g/mol. The van der Waals surface area contributed by atoms with E-state index in [-0.39, 0.29) is 52.2 Å². The van der Waals surface area contributed by atoms with Crippen LogP contribution in [-0.2, 0) is 0 Å². The molecular weight excluding hydrogens is 271 g/mol. The number of carboxylic acids is 1. The number of rotatable bonds is 3. The maximum absolute atomic E-state index is 11.8. The fourth-order valence-electron chi connectivity index (χ4n) is 1.53. The van der Waals surface area contributed by atoms with E-state index in [9.17, 15) is 14.7 Å². The maximum atomic E-state index is 11.8. The van der Waals surface area contributed by atoms with Gasteiger partial charge in [0.1, 0.15) is 22.6 Å². The first-order valence-corrected chi connectivity index (χ1v) is 5.42. The van der Waals surface area contributed by atoms with Crippen LogP contribution in [0.5, 0.6) is 11.5 Å². The van der Waals surface area contributed by atoms with Crippen LogP contribution in [0.1, 0.15) is 20.7 Å². The Morgan fingerprint density at radius 3 is 2.05 bits per heavy atom. The second-order valence-electron chi connectivity index (χ2n) is 3.71. The molecule has 0 aliphatic heterocycles. The molecule has 0 aliphatic rings.